The zero-order valence-electron chi connectivity index (χ0n) is 16.5. The van der Waals surface area contributed by atoms with Crippen LogP contribution in [0.1, 0.15) is 15.9 Å². The summed E-state index contributed by atoms with van der Waals surface area (Å²) in [6, 6.07) is 12.4. The molecule has 0 bridgehead atoms. The lowest BCUT2D eigenvalue weighted by Crippen LogP contribution is -2.52. The Morgan fingerprint density at radius 3 is 2.14 bits per heavy atom. The standard InChI is InChI=1S/C21H24N2O6/c1-22-20(26)19(18(25)12-24)23(2)21(27)15-6-10-17(11-7-15)29-13-14-4-8-16(28-3)9-5-14/h4-11,19,24H,12-13H2,1-3H3,(H,22,26). The number of nitrogens with zero attached hydrogens (tertiary/aromatic N) is 1. The molecule has 0 aliphatic heterocycles. The maximum Gasteiger partial charge on any atom is 0.254 e. The van der Waals surface area contributed by atoms with Crippen LogP contribution in [0.25, 0.3) is 0 Å². The summed E-state index contributed by atoms with van der Waals surface area (Å²) in [4.78, 5) is 37.5. The molecule has 2 N–H and O–H groups in total. The first-order valence-corrected chi connectivity index (χ1v) is 8.89. The Morgan fingerprint density at radius 2 is 1.62 bits per heavy atom. The van der Waals surface area contributed by atoms with Gasteiger partial charge < -0.3 is 24.8 Å². The number of carbonyl (C=O) groups is 3. The molecule has 0 fully saturated rings. The minimum absolute atomic E-state index is 0.281. The number of benzene rings is 2. The van der Waals surface area contributed by atoms with E-state index in [-0.39, 0.29) is 5.56 Å². The number of ketones is 1. The Bertz CT molecular complexity index is 832. The molecule has 0 heterocycles. The highest BCUT2D eigenvalue weighted by atomic mass is 16.5. The molecule has 29 heavy (non-hydrogen) atoms. The van der Waals surface area contributed by atoms with Gasteiger partial charge in [0.15, 0.2) is 11.8 Å². The van der Waals surface area contributed by atoms with Crippen molar-refractivity contribution < 1.29 is 29.0 Å². The second kappa shape index (κ2) is 10.2. The fraction of sp³-hybridized carbons (Fsp3) is 0.286. The highest BCUT2D eigenvalue weighted by Crippen LogP contribution is 2.17. The van der Waals surface area contributed by atoms with Crippen LogP contribution in [0.15, 0.2) is 48.5 Å². The molecule has 0 radical (unpaired) electrons. The van der Waals surface area contributed by atoms with Crippen LogP contribution in [0.2, 0.25) is 0 Å². The molecule has 1 unspecified atom stereocenters. The lowest BCUT2D eigenvalue weighted by atomic mass is 10.1. The lowest BCUT2D eigenvalue weighted by Gasteiger charge is -2.25. The Balaban J connectivity index is 2.04. The van der Waals surface area contributed by atoms with Crippen molar-refractivity contribution in [3.05, 3.63) is 59.7 Å². The van der Waals surface area contributed by atoms with E-state index >= 15 is 0 Å². The number of nitrogens with one attached hydrogen (secondary N) is 1. The van der Waals surface area contributed by atoms with E-state index in [1.54, 1.807) is 31.4 Å². The monoisotopic (exact) mass is 400 g/mol. The highest BCUT2D eigenvalue weighted by molar-refractivity contribution is 6.10. The predicted octanol–water partition coefficient (Wildman–Crippen LogP) is 1.02. The van der Waals surface area contributed by atoms with Crippen LogP contribution in [0.4, 0.5) is 0 Å². The zero-order valence-corrected chi connectivity index (χ0v) is 16.5. The largest absolute Gasteiger partial charge is 0.497 e. The minimum Gasteiger partial charge on any atom is -0.497 e. The molecule has 2 aromatic rings. The summed E-state index contributed by atoms with van der Waals surface area (Å²) in [6.45, 7) is -0.491. The lowest BCUT2D eigenvalue weighted by molar-refractivity contribution is -0.135. The summed E-state index contributed by atoms with van der Waals surface area (Å²) in [5.41, 5.74) is 1.24. The van der Waals surface area contributed by atoms with Gasteiger partial charge in [0.25, 0.3) is 5.91 Å². The van der Waals surface area contributed by atoms with E-state index in [0.29, 0.717) is 12.4 Å². The molecule has 2 rings (SSSR count). The van der Waals surface area contributed by atoms with Gasteiger partial charge in [-0.1, -0.05) is 12.1 Å². The summed E-state index contributed by atoms with van der Waals surface area (Å²) in [5, 5.41) is 11.4. The number of Topliss-reactive ketones (excluding diaryl/α,β-unsaturated/α-hetero) is 1. The number of ether oxygens (including phenoxy) is 2. The van der Waals surface area contributed by atoms with Gasteiger partial charge in [-0.05, 0) is 42.0 Å². The molecule has 0 aliphatic rings. The number of hydrogen-bond donors (Lipinski definition) is 2. The Morgan fingerprint density at radius 1 is 1.03 bits per heavy atom. The number of likely N-dealkylation sites (N-methyl/N-ethyl adjacent to an activating group) is 2. The van der Waals surface area contributed by atoms with Gasteiger partial charge in [0.1, 0.15) is 24.7 Å². The number of hydrogen-bond acceptors (Lipinski definition) is 6. The first-order valence-electron chi connectivity index (χ1n) is 8.89. The van der Waals surface area contributed by atoms with Crippen molar-refractivity contribution in [3.63, 3.8) is 0 Å². The summed E-state index contributed by atoms with van der Waals surface area (Å²) in [5.74, 6) is -0.633. The summed E-state index contributed by atoms with van der Waals surface area (Å²) in [7, 11) is 4.29. The maximum atomic E-state index is 12.6. The predicted molar refractivity (Wildman–Crippen MR) is 106 cm³/mol. The van der Waals surface area contributed by atoms with E-state index in [9.17, 15) is 14.4 Å². The fourth-order valence-corrected chi connectivity index (χ4v) is 2.66. The number of aliphatic hydroxyl groups excluding tert-OH is 1. The van der Waals surface area contributed by atoms with Gasteiger partial charge in [-0.2, -0.15) is 0 Å². The Kier molecular flexibility index (Phi) is 7.73. The van der Waals surface area contributed by atoms with Crippen LogP contribution in [0.3, 0.4) is 0 Å². The molecule has 0 saturated heterocycles. The molecule has 2 amide bonds. The third-order valence-corrected chi connectivity index (χ3v) is 4.33. The van der Waals surface area contributed by atoms with Crippen molar-refractivity contribution in [1.82, 2.24) is 10.2 Å². The van der Waals surface area contributed by atoms with Crippen LogP contribution in [-0.2, 0) is 16.2 Å². The van der Waals surface area contributed by atoms with Crippen LogP contribution in [0, 0.1) is 0 Å². The smallest absolute Gasteiger partial charge is 0.254 e. The topological polar surface area (TPSA) is 105 Å². The quantitative estimate of drug-likeness (QED) is 0.609. The van der Waals surface area contributed by atoms with Gasteiger partial charge in [0.05, 0.1) is 7.11 Å². The number of rotatable bonds is 9. The van der Waals surface area contributed by atoms with E-state index in [1.807, 2.05) is 24.3 Å². The van der Waals surface area contributed by atoms with Crippen LogP contribution in [-0.4, -0.2) is 61.5 Å². The van der Waals surface area contributed by atoms with Crippen molar-refractivity contribution in [2.45, 2.75) is 12.6 Å². The second-order valence-electron chi connectivity index (χ2n) is 6.22. The second-order valence-corrected chi connectivity index (χ2v) is 6.22. The van der Waals surface area contributed by atoms with E-state index in [1.165, 1.54) is 14.1 Å². The van der Waals surface area contributed by atoms with Gasteiger partial charge in [-0.25, -0.2) is 0 Å². The summed E-state index contributed by atoms with van der Waals surface area (Å²) in [6.07, 6.45) is 0. The van der Waals surface area contributed by atoms with Gasteiger partial charge >= 0.3 is 0 Å². The number of carbonyl (C=O) groups excluding carboxylic acids is 3. The molecule has 8 nitrogen and oxygen atoms in total. The first-order chi connectivity index (χ1) is 13.9. The van der Waals surface area contributed by atoms with Gasteiger partial charge in [0, 0.05) is 19.7 Å². The van der Waals surface area contributed by atoms with Gasteiger partial charge in [-0.15, -0.1) is 0 Å². The number of amides is 2. The van der Waals surface area contributed by atoms with E-state index in [0.717, 1.165) is 16.2 Å². The highest BCUT2D eigenvalue weighted by Gasteiger charge is 2.32. The summed E-state index contributed by atoms with van der Waals surface area (Å²) >= 11 is 0. The van der Waals surface area contributed by atoms with Crippen molar-refractivity contribution in [2.24, 2.45) is 0 Å². The van der Waals surface area contributed by atoms with Crippen LogP contribution in [0.5, 0.6) is 11.5 Å². The molecule has 2 aromatic carbocycles. The zero-order chi connectivity index (χ0) is 21.4. The van der Waals surface area contributed by atoms with Gasteiger partial charge in [-0.3, -0.25) is 14.4 Å². The SMILES string of the molecule is CNC(=O)C(C(=O)CO)N(C)C(=O)c1ccc(OCc2ccc(OC)cc2)cc1. The molecular formula is C21H24N2O6. The third-order valence-electron chi connectivity index (χ3n) is 4.33. The van der Waals surface area contributed by atoms with Crippen molar-refractivity contribution in [3.8, 4) is 11.5 Å². The molecular weight excluding hydrogens is 376 g/mol. The average molecular weight is 400 g/mol. The van der Waals surface area contributed by atoms with Crippen molar-refractivity contribution >= 4 is 17.6 Å². The number of methoxy groups -OCH3 is 1. The molecule has 0 aliphatic carbocycles. The van der Waals surface area contributed by atoms with E-state index < -0.39 is 30.2 Å². The molecule has 8 heteroatoms. The van der Waals surface area contributed by atoms with Crippen molar-refractivity contribution in [1.29, 1.82) is 0 Å². The maximum absolute atomic E-state index is 12.6. The van der Waals surface area contributed by atoms with Gasteiger partial charge in [0.2, 0.25) is 5.91 Å². The Hall–Kier alpha value is -3.39. The average Bonchev–Trinajstić information content (AvgIpc) is 2.77. The normalized spacial score (nSPS) is 11.3. The fourth-order valence-electron chi connectivity index (χ4n) is 2.66. The first kappa shape index (κ1) is 21.9. The molecule has 0 saturated carbocycles. The molecule has 1 atom stereocenters. The Labute approximate surface area is 169 Å². The molecule has 0 aromatic heterocycles. The third kappa shape index (κ3) is 5.55. The summed E-state index contributed by atoms with van der Waals surface area (Å²) < 4.78 is 10.8. The van der Waals surface area contributed by atoms with Crippen molar-refractivity contribution in [2.75, 3.05) is 27.8 Å². The molecule has 154 valence electrons. The van der Waals surface area contributed by atoms with Crippen LogP contribution < -0.4 is 14.8 Å². The minimum atomic E-state index is -1.40. The van der Waals surface area contributed by atoms with E-state index in [2.05, 4.69) is 5.32 Å². The van der Waals surface area contributed by atoms with Crippen LogP contribution >= 0.6 is 0 Å². The number of aliphatic hydroxyl groups is 1. The van der Waals surface area contributed by atoms with E-state index in [4.69, 9.17) is 14.6 Å². The molecule has 0 spiro atoms.